The van der Waals surface area contributed by atoms with E-state index >= 15 is 0 Å². The van der Waals surface area contributed by atoms with Crippen molar-refractivity contribution < 1.29 is 9.66 Å². The second-order valence-corrected chi connectivity index (χ2v) is 4.18. The fourth-order valence-electron chi connectivity index (χ4n) is 1.57. The Balaban J connectivity index is 2.50. The molecule has 0 atom stereocenters. The predicted octanol–water partition coefficient (Wildman–Crippen LogP) is 2.18. The van der Waals surface area contributed by atoms with Crippen LogP contribution in [0, 0.1) is 24.0 Å². The Morgan fingerprint density at radius 1 is 1.42 bits per heavy atom. The van der Waals surface area contributed by atoms with E-state index in [4.69, 9.17) is 16.3 Å². The highest BCUT2D eigenvalue weighted by molar-refractivity contribution is 6.28. The van der Waals surface area contributed by atoms with Gasteiger partial charge in [-0.05, 0) is 25.4 Å². The van der Waals surface area contributed by atoms with Gasteiger partial charge in [0, 0.05) is 13.1 Å². The monoisotopic (exact) mass is 283 g/mol. The third-order valence-corrected chi connectivity index (χ3v) is 2.51. The molecule has 0 fully saturated rings. The number of halogens is 1. The zero-order valence-corrected chi connectivity index (χ0v) is 11.2. The SMILES string of the molecule is Cc1cc(Oc2nc(Cl)nc(C)c2[N+](=O)[O-])n(C)n1. The Morgan fingerprint density at radius 3 is 2.63 bits per heavy atom. The summed E-state index contributed by atoms with van der Waals surface area (Å²) in [5.74, 6) is 0.125. The van der Waals surface area contributed by atoms with Gasteiger partial charge < -0.3 is 4.74 Å². The molecule has 9 heteroatoms. The maximum Gasteiger partial charge on any atom is 0.352 e. The van der Waals surface area contributed by atoms with Crippen molar-refractivity contribution >= 4 is 17.3 Å². The van der Waals surface area contributed by atoms with Crippen LogP contribution in [0.25, 0.3) is 0 Å². The molecule has 2 heterocycles. The summed E-state index contributed by atoms with van der Waals surface area (Å²) in [5.41, 5.74) is 0.541. The van der Waals surface area contributed by atoms with Crippen LogP contribution in [0.3, 0.4) is 0 Å². The highest BCUT2D eigenvalue weighted by atomic mass is 35.5. The summed E-state index contributed by atoms with van der Waals surface area (Å²) >= 11 is 5.69. The number of aryl methyl sites for hydroxylation is 3. The van der Waals surface area contributed by atoms with E-state index in [1.165, 1.54) is 11.6 Å². The maximum absolute atomic E-state index is 11.0. The van der Waals surface area contributed by atoms with E-state index in [2.05, 4.69) is 15.1 Å². The van der Waals surface area contributed by atoms with Gasteiger partial charge in [-0.3, -0.25) is 10.1 Å². The molecule has 0 saturated carbocycles. The molecule has 0 spiro atoms. The Kier molecular flexibility index (Phi) is 3.34. The molecule has 100 valence electrons. The second kappa shape index (κ2) is 4.81. The number of hydrogen-bond donors (Lipinski definition) is 0. The fourth-order valence-corrected chi connectivity index (χ4v) is 1.77. The Morgan fingerprint density at radius 2 is 2.11 bits per heavy atom. The summed E-state index contributed by atoms with van der Waals surface area (Å²) in [6.07, 6.45) is 0. The average molecular weight is 284 g/mol. The van der Waals surface area contributed by atoms with Crippen LogP contribution in [0.15, 0.2) is 6.07 Å². The molecule has 0 aliphatic carbocycles. The molecule has 2 rings (SSSR count). The van der Waals surface area contributed by atoms with Crippen molar-refractivity contribution in [1.82, 2.24) is 19.7 Å². The van der Waals surface area contributed by atoms with E-state index in [0.717, 1.165) is 5.69 Å². The van der Waals surface area contributed by atoms with Crippen LogP contribution in [-0.2, 0) is 7.05 Å². The lowest BCUT2D eigenvalue weighted by Crippen LogP contribution is -2.03. The molecule has 0 unspecified atom stereocenters. The first-order chi connectivity index (χ1) is 8.88. The number of hydrogen-bond acceptors (Lipinski definition) is 6. The quantitative estimate of drug-likeness (QED) is 0.486. The van der Waals surface area contributed by atoms with Gasteiger partial charge in [0.25, 0.3) is 0 Å². The lowest BCUT2D eigenvalue weighted by Gasteiger charge is -2.06. The van der Waals surface area contributed by atoms with Gasteiger partial charge >= 0.3 is 11.6 Å². The summed E-state index contributed by atoms with van der Waals surface area (Å²) in [6.45, 7) is 3.24. The van der Waals surface area contributed by atoms with E-state index in [-0.39, 0.29) is 22.5 Å². The molecule has 2 aromatic heterocycles. The minimum absolute atomic E-state index is 0.114. The van der Waals surface area contributed by atoms with E-state index in [9.17, 15) is 10.1 Å². The van der Waals surface area contributed by atoms with E-state index in [0.29, 0.717) is 5.88 Å². The van der Waals surface area contributed by atoms with Crippen molar-refractivity contribution in [2.45, 2.75) is 13.8 Å². The molecule has 0 aliphatic heterocycles. The van der Waals surface area contributed by atoms with Crippen molar-refractivity contribution in [2.24, 2.45) is 7.05 Å². The van der Waals surface area contributed by atoms with Gasteiger partial charge in [0.2, 0.25) is 11.2 Å². The molecule has 2 aromatic rings. The van der Waals surface area contributed by atoms with Gasteiger partial charge in [0.15, 0.2) is 0 Å². The molecule has 0 aliphatic rings. The molecule has 0 amide bonds. The van der Waals surface area contributed by atoms with Crippen molar-refractivity contribution in [3.8, 4) is 11.8 Å². The molecular weight excluding hydrogens is 274 g/mol. The largest absolute Gasteiger partial charge is 0.415 e. The van der Waals surface area contributed by atoms with Crippen LogP contribution in [0.5, 0.6) is 11.8 Å². The van der Waals surface area contributed by atoms with Gasteiger partial charge in [-0.1, -0.05) is 0 Å². The van der Waals surface area contributed by atoms with Crippen LogP contribution in [0.4, 0.5) is 5.69 Å². The van der Waals surface area contributed by atoms with Crippen LogP contribution >= 0.6 is 11.6 Å². The molecule has 0 aromatic carbocycles. The first-order valence-electron chi connectivity index (χ1n) is 5.25. The van der Waals surface area contributed by atoms with E-state index in [1.54, 1.807) is 20.0 Å². The standard InChI is InChI=1S/C10H10ClN5O3/c1-5-4-7(15(3)14-5)19-9-8(16(17)18)6(2)12-10(11)13-9/h4H,1-3H3. The molecule has 0 saturated heterocycles. The average Bonchev–Trinajstić information content (AvgIpc) is 2.55. The minimum Gasteiger partial charge on any atom is -0.415 e. The topological polar surface area (TPSA) is 96.0 Å². The lowest BCUT2D eigenvalue weighted by atomic mass is 10.4. The smallest absolute Gasteiger partial charge is 0.352 e. The fraction of sp³-hybridized carbons (Fsp3) is 0.300. The van der Waals surface area contributed by atoms with E-state index in [1.807, 2.05) is 0 Å². The lowest BCUT2D eigenvalue weighted by molar-refractivity contribution is -0.386. The minimum atomic E-state index is -0.607. The molecule has 0 bridgehead atoms. The van der Waals surface area contributed by atoms with Crippen molar-refractivity contribution in [1.29, 1.82) is 0 Å². The van der Waals surface area contributed by atoms with Gasteiger partial charge in [-0.15, -0.1) is 0 Å². The van der Waals surface area contributed by atoms with Crippen LogP contribution < -0.4 is 4.74 Å². The Labute approximate surface area is 113 Å². The Hall–Kier alpha value is -2.22. The number of rotatable bonds is 3. The van der Waals surface area contributed by atoms with Crippen molar-refractivity contribution in [3.05, 3.63) is 32.9 Å². The number of ether oxygens (including phenoxy) is 1. The number of aromatic nitrogens is 4. The predicted molar refractivity (Wildman–Crippen MR) is 66.5 cm³/mol. The zero-order chi connectivity index (χ0) is 14.2. The van der Waals surface area contributed by atoms with E-state index < -0.39 is 4.92 Å². The first kappa shape index (κ1) is 13.2. The summed E-state index contributed by atoms with van der Waals surface area (Å²) < 4.78 is 6.86. The van der Waals surface area contributed by atoms with Gasteiger partial charge in [-0.25, -0.2) is 9.67 Å². The summed E-state index contributed by atoms with van der Waals surface area (Å²) in [7, 11) is 1.66. The molecule has 19 heavy (non-hydrogen) atoms. The van der Waals surface area contributed by atoms with Crippen LogP contribution in [-0.4, -0.2) is 24.7 Å². The third kappa shape index (κ3) is 2.63. The van der Waals surface area contributed by atoms with Gasteiger partial charge in [0.1, 0.15) is 5.69 Å². The normalized spacial score (nSPS) is 10.5. The third-order valence-electron chi connectivity index (χ3n) is 2.34. The Bertz CT molecular complexity index is 655. The van der Waals surface area contributed by atoms with Crippen molar-refractivity contribution in [3.63, 3.8) is 0 Å². The molecule has 0 N–H and O–H groups in total. The van der Waals surface area contributed by atoms with Crippen molar-refractivity contribution in [2.75, 3.05) is 0 Å². The number of nitrogens with zero attached hydrogens (tertiary/aromatic N) is 5. The maximum atomic E-state index is 11.0. The van der Waals surface area contributed by atoms with Crippen LogP contribution in [0.2, 0.25) is 5.28 Å². The number of nitro groups is 1. The highest BCUT2D eigenvalue weighted by Crippen LogP contribution is 2.32. The molecule has 0 radical (unpaired) electrons. The second-order valence-electron chi connectivity index (χ2n) is 3.84. The summed E-state index contributed by atoms with van der Waals surface area (Å²) in [5, 5.41) is 15.0. The van der Waals surface area contributed by atoms with Gasteiger partial charge in [-0.2, -0.15) is 10.1 Å². The zero-order valence-electron chi connectivity index (χ0n) is 10.4. The molecule has 8 nitrogen and oxygen atoms in total. The molecular formula is C10H10ClN5O3. The summed E-state index contributed by atoms with van der Waals surface area (Å²) in [6, 6.07) is 1.63. The first-order valence-corrected chi connectivity index (χ1v) is 5.63. The van der Waals surface area contributed by atoms with Crippen LogP contribution in [0.1, 0.15) is 11.4 Å². The van der Waals surface area contributed by atoms with Gasteiger partial charge in [0.05, 0.1) is 10.6 Å². The summed E-state index contributed by atoms with van der Waals surface area (Å²) in [4.78, 5) is 17.9. The highest BCUT2D eigenvalue weighted by Gasteiger charge is 2.24.